The highest BCUT2D eigenvalue weighted by Gasteiger charge is 2.37. The average Bonchev–Trinajstić information content (AvgIpc) is 2.14. The van der Waals surface area contributed by atoms with Crippen molar-refractivity contribution in [2.75, 3.05) is 6.61 Å². The third-order valence-corrected chi connectivity index (χ3v) is 8.98. The Labute approximate surface area is 109 Å². The third kappa shape index (κ3) is 5.13. The van der Waals surface area contributed by atoms with E-state index in [0.717, 1.165) is 6.61 Å². The molecule has 0 N–H and O–H groups in total. The van der Waals surface area contributed by atoms with Crippen molar-refractivity contribution in [2.45, 2.75) is 83.8 Å². The van der Waals surface area contributed by atoms with E-state index >= 15 is 0 Å². The molecule has 1 saturated carbocycles. The van der Waals surface area contributed by atoms with Gasteiger partial charge in [0.25, 0.3) is 0 Å². The molecule has 1 radical (unpaired) electrons. The zero-order valence-electron chi connectivity index (χ0n) is 12.6. The summed E-state index contributed by atoms with van der Waals surface area (Å²) in [4.78, 5) is 0. The fourth-order valence-electron chi connectivity index (χ4n) is 2.05. The lowest BCUT2D eigenvalue weighted by Gasteiger charge is -2.37. The summed E-state index contributed by atoms with van der Waals surface area (Å²) in [6.07, 6.45) is 9.68. The standard InChI is InChI=1S/C15H31OSi/c1-15(2,3)17(4,5)16-13-14-11-9-7-6-8-10-12-14/h6-13H2,1-5H3. The highest BCUT2D eigenvalue weighted by molar-refractivity contribution is 6.74. The summed E-state index contributed by atoms with van der Waals surface area (Å²) in [5, 5.41) is 0.342. The van der Waals surface area contributed by atoms with Crippen LogP contribution in [0.15, 0.2) is 0 Å². The lowest BCUT2D eigenvalue weighted by atomic mass is 9.92. The molecule has 0 unspecified atom stereocenters. The molecule has 1 nitrogen and oxygen atoms in total. The normalized spacial score (nSPS) is 21.0. The van der Waals surface area contributed by atoms with Crippen molar-refractivity contribution in [1.82, 2.24) is 0 Å². The van der Waals surface area contributed by atoms with Crippen molar-refractivity contribution in [1.29, 1.82) is 0 Å². The van der Waals surface area contributed by atoms with Crippen LogP contribution in [0.5, 0.6) is 0 Å². The summed E-state index contributed by atoms with van der Waals surface area (Å²) >= 11 is 0. The Balaban J connectivity index is 2.37. The van der Waals surface area contributed by atoms with Gasteiger partial charge in [0.15, 0.2) is 8.32 Å². The molecular formula is C15H31OSi. The van der Waals surface area contributed by atoms with Gasteiger partial charge in [-0.2, -0.15) is 0 Å². The van der Waals surface area contributed by atoms with Gasteiger partial charge in [0.2, 0.25) is 0 Å². The summed E-state index contributed by atoms with van der Waals surface area (Å²) < 4.78 is 6.33. The van der Waals surface area contributed by atoms with E-state index in [4.69, 9.17) is 4.43 Å². The van der Waals surface area contributed by atoms with Gasteiger partial charge in [-0.25, -0.2) is 0 Å². The molecule has 0 aliphatic heterocycles. The summed E-state index contributed by atoms with van der Waals surface area (Å²) in [5.41, 5.74) is 0. The van der Waals surface area contributed by atoms with Gasteiger partial charge in [0.05, 0.1) is 0 Å². The van der Waals surface area contributed by atoms with Gasteiger partial charge in [0.1, 0.15) is 0 Å². The van der Waals surface area contributed by atoms with E-state index in [-0.39, 0.29) is 0 Å². The zero-order chi connectivity index (χ0) is 12.9. The lowest BCUT2D eigenvalue weighted by Crippen LogP contribution is -2.41. The van der Waals surface area contributed by atoms with Crippen LogP contribution in [0.1, 0.15) is 65.7 Å². The molecule has 1 fully saturated rings. The van der Waals surface area contributed by atoms with Crippen LogP contribution < -0.4 is 0 Å². The van der Waals surface area contributed by atoms with Crippen molar-refractivity contribution >= 4 is 8.32 Å². The van der Waals surface area contributed by atoms with E-state index in [1.54, 1.807) is 5.92 Å². The smallest absolute Gasteiger partial charge is 0.192 e. The van der Waals surface area contributed by atoms with Crippen LogP contribution in [0.2, 0.25) is 18.1 Å². The fourth-order valence-corrected chi connectivity index (χ4v) is 3.05. The van der Waals surface area contributed by atoms with Gasteiger partial charge in [-0.1, -0.05) is 52.9 Å². The SMILES string of the molecule is CC(C)(C)[Si](C)(C)OC[C]1CCCCCCC1. The van der Waals surface area contributed by atoms with Crippen LogP contribution in [-0.2, 0) is 4.43 Å². The molecule has 0 bridgehead atoms. The van der Waals surface area contributed by atoms with Crippen molar-refractivity contribution in [2.24, 2.45) is 0 Å². The van der Waals surface area contributed by atoms with Gasteiger partial charge >= 0.3 is 0 Å². The minimum Gasteiger partial charge on any atom is -0.416 e. The lowest BCUT2D eigenvalue weighted by molar-refractivity contribution is 0.281. The predicted molar refractivity (Wildman–Crippen MR) is 78.7 cm³/mol. The maximum absolute atomic E-state index is 6.33. The van der Waals surface area contributed by atoms with Gasteiger partial charge in [-0.05, 0) is 31.0 Å². The van der Waals surface area contributed by atoms with Crippen molar-refractivity contribution in [3.8, 4) is 0 Å². The van der Waals surface area contributed by atoms with Crippen LogP contribution in [0, 0.1) is 5.92 Å². The zero-order valence-corrected chi connectivity index (χ0v) is 13.6. The summed E-state index contributed by atoms with van der Waals surface area (Å²) in [5.74, 6) is 1.68. The highest BCUT2D eigenvalue weighted by Crippen LogP contribution is 2.37. The Hall–Kier alpha value is 0.177. The maximum Gasteiger partial charge on any atom is 0.192 e. The van der Waals surface area contributed by atoms with Gasteiger partial charge < -0.3 is 4.43 Å². The van der Waals surface area contributed by atoms with E-state index in [9.17, 15) is 0 Å². The molecule has 0 aromatic heterocycles. The van der Waals surface area contributed by atoms with E-state index in [1.165, 1.54) is 44.9 Å². The fraction of sp³-hybridized carbons (Fsp3) is 0.933. The molecule has 1 rings (SSSR count). The van der Waals surface area contributed by atoms with E-state index < -0.39 is 8.32 Å². The molecule has 0 spiro atoms. The summed E-state index contributed by atoms with van der Waals surface area (Å²) in [6, 6.07) is 0. The highest BCUT2D eigenvalue weighted by atomic mass is 28.4. The summed E-state index contributed by atoms with van der Waals surface area (Å²) in [7, 11) is -1.54. The topological polar surface area (TPSA) is 9.23 Å². The first kappa shape index (κ1) is 15.2. The molecule has 0 saturated heterocycles. The Morgan fingerprint density at radius 2 is 1.41 bits per heavy atom. The second-order valence-electron chi connectivity index (χ2n) is 7.07. The van der Waals surface area contributed by atoms with Crippen LogP contribution in [0.25, 0.3) is 0 Å². The number of rotatable bonds is 3. The minimum atomic E-state index is -1.54. The number of hydrogen-bond acceptors (Lipinski definition) is 1. The Morgan fingerprint density at radius 3 is 1.88 bits per heavy atom. The van der Waals surface area contributed by atoms with Crippen molar-refractivity contribution in [3.05, 3.63) is 5.92 Å². The van der Waals surface area contributed by atoms with Gasteiger partial charge in [0, 0.05) is 12.5 Å². The molecule has 101 valence electrons. The molecular weight excluding hydrogens is 224 g/mol. The molecule has 0 aromatic rings. The van der Waals surface area contributed by atoms with E-state index in [1.807, 2.05) is 0 Å². The maximum atomic E-state index is 6.33. The van der Waals surface area contributed by atoms with Crippen LogP contribution in [0.4, 0.5) is 0 Å². The minimum absolute atomic E-state index is 0.342. The van der Waals surface area contributed by atoms with Crippen molar-refractivity contribution in [3.63, 3.8) is 0 Å². The monoisotopic (exact) mass is 255 g/mol. The molecule has 17 heavy (non-hydrogen) atoms. The van der Waals surface area contributed by atoms with Crippen LogP contribution in [0.3, 0.4) is 0 Å². The molecule has 2 heteroatoms. The van der Waals surface area contributed by atoms with E-state index in [2.05, 4.69) is 33.9 Å². The van der Waals surface area contributed by atoms with E-state index in [0.29, 0.717) is 5.04 Å². The molecule has 0 aromatic carbocycles. The molecule has 0 amide bonds. The predicted octanol–water partition coefficient (Wildman–Crippen LogP) is 5.33. The van der Waals surface area contributed by atoms with Crippen LogP contribution in [-0.4, -0.2) is 14.9 Å². The molecule has 1 aliphatic rings. The number of hydrogen-bond donors (Lipinski definition) is 0. The average molecular weight is 255 g/mol. The Bertz CT molecular complexity index is 209. The van der Waals surface area contributed by atoms with Crippen molar-refractivity contribution < 1.29 is 4.43 Å². The van der Waals surface area contributed by atoms with Gasteiger partial charge in [-0.3, -0.25) is 0 Å². The Morgan fingerprint density at radius 1 is 0.941 bits per heavy atom. The Kier molecular flexibility index (Phi) is 5.71. The first-order valence-corrected chi connectivity index (χ1v) is 10.2. The van der Waals surface area contributed by atoms with Gasteiger partial charge in [-0.15, -0.1) is 0 Å². The second kappa shape index (κ2) is 6.37. The molecule has 1 aliphatic carbocycles. The largest absolute Gasteiger partial charge is 0.416 e. The quantitative estimate of drug-likeness (QED) is 0.620. The second-order valence-corrected chi connectivity index (χ2v) is 11.9. The van der Waals surface area contributed by atoms with Crippen LogP contribution >= 0.6 is 0 Å². The first-order valence-electron chi connectivity index (χ1n) is 7.30. The molecule has 0 atom stereocenters. The summed E-state index contributed by atoms with van der Waals surface area (Å²) in [6.45, 7) is 12.6. The molecule has 0 heterocycles. The first-order chi connectivity index (χ1) is 7.83. The third-order valence-electron chi connectivity index (χ3n) is 4.50.